The number of hydrogen-bond acceptors (Lipinski definition) is 4. The number of carbonyl (C=O) groups excluding carboxylic acids is 1. The molecule has 0 radical (unpaired) electrons. The van der Waals surface area contributed by atoms with Gasteiger partial charge in [-0.05, 0) is 32.6 Å². The quantitative estimate of drug-likeness (QED) is 0.842. The van der Waals surface area contributed by atoms with Gasteiger partial charge in [-0.25, -0.2) is 4.98 Å². The Labute approximate surface area is 123 Å². The van der Waals surface area contributed by atoms with E-state index >= 15 is 0 Å². The van der Waals surface area contributed by atoms with Crippen LogP contribution in [0.5, 0.6) is 0 Å². The fourth-order valence-electron chi connectivity index (χ4n) is 2.84. The predicted molar refractivity (Wildman–Crippen MR) is 78.7 cm³/mol. The lowest BCUT2D eigenvalue weighted by molar-refractivity contribution is -0.136. The summed E-state index contributed by atoms with van der Waals surface area (Å²) in [6.45, 7) is 3.84. The average molecular weight is 292 g/mol. The van der Waals surface area contributed by atoms with Crippen LogP contribution in [-0.2, 0) is 9.53 Å². The zero-order valence-electron chi connectivity index (χ0n) is 11.8. The third-order valence-corrected chi connectivity index (χ3v) is 4.72. The van der Waals surface area contributed by atoms with E-state index in [0.717, 1.165) is 35.5 Å². The number of thiazole rings is 1. The second-order valence-corrected chi connectivity index (χ2v) is 6.42. The summed E-state index contributed by atoms with van der Waals surface area (Å²) in [5, 5.41) is 3.08. The maximum absolute atomic E-state index is 12.7. The second kappa shape index (κ2) is 6.06. The summed E-state index contributed by atoms with van der Waals surface area (Å²) in [5.74, 6) is 0.184. The number of aryl methyl sites for hydroxylation is 1. The minimum atomic E-state index is -0.0240. The topological polar surface area (TPSA) is 42.4 Å². The molecule has 1 amide bonds. The van der Waals surface area contributed by atoms with Crippen molar-refractivity contribution in [3.05, 3.63) is 27.7 Å². The van der Waals surface area contributed by atoms with E-state index in [4.69, 9.17) is 4.74 Å². The number of amides is 1. The van der Waals surface area contributed by atoms with Crippen molar-refractivity contribution in [3.8, 4) is 0 Å². The molecule has 0 N–H and O–H groups in total. The van der Waals surface area contributed by atoms with E-state index in [0.29, 0.717) is 19.8 Å². The summed E-state index contributed by atoms with van der Waals surface area (Å²) in [4.78, 5) is 19.2. The first kappa shape index (κ1) is 13.8. The Kier molecular flexibility index (Phi) is 4.17. The molecule has 0 unspecified atom stereocenters. The van der Waals surface area contributed by atoms with Crippen LogP contribution in [0.2, 0.25) is 0 Å². The predicted octanol–water partition coefficient (Wildman–Crippen LogP) is 2.85. The number of hydrogen-bond donors (Lipinski definition) is 0. The van der Waals surface area contributed by atoms with Crippen LogP contribution in [0, 0.1) is 6.92 Å². The molecular formula is C15H20N2O2S. The molecule has 4 nitrogen and oxygen atoms in total. The molecule has 2 heterocycles. The van der Waals surface area contributed by atoms with Crippen molar-refractivity contribution in [2.24, 2.45) is 0 Å². The zero-order chi connectivity index (χ0) is 13.9. The summed E-state index contributed by atoms with van der Waals surface area (Å²) in [6, 6.07) is -0.0240. The number of morpholine rings is 1. The molecule has 3 rings (SSSR count). The Hall–Kier alpha value is -1.20. The number of ether oxygens (including phenoxy) is 1. The first-order chi connectivity index (χ1) is 9.75. The lowest BCUT2D eigenvalue weighted by Crippen LogP contribution is -2.44. The average Bonchev–Trinajstić information content (AvgIpc) is 2.94. The molecule has 108 valence electrons. The zero-order valence-corrected chi connectivity index (χ0v) is 12.6. The van der Waals surface area contributed by atoms with Gasteiger partial charge in [-0.2, -0.15) is 0 Å². The standard InChI is InChI=1S/C15H20N2O2S/c1-11-16-13(10-20-11)14-9-19-8-7-17(14)15(18)12-5-3-2-4-6-12/h5,10,14H,2-4,6-9H2,1H3/t14-/m1/s1. The van der Waals surface area contributed by atoms with E-state index < -0.39 is 0 Å². The largest absolute Gasteiger partial charge is 0.377 e. The van der Waals surface area contributed by atoms with Crippen LogP contribution >= 0.6 is 11.3 Å². The molecule has 1 saturated heterocycles. The molecule has 1 aromatic heterocycles. The molecule has 5 heteroatoms. The Morgan fingerprint density at radius 3 is 3.10 bits per heavy atom. The van der Waals surface area contributed by atoms with Crippen molar-refractivity contribution in [1.29, 1.82) is 0 Å². The maximum atomic E-state index is 12.7. The van der Waals surface area contributed by atoms with Crippen molar-refractivity contribution in [3.63, 3.8) is 0 Å². The molecule has 2 aliphatic rings. The molecule has 1 atom stereocenters. The minimum absolute atomic E-state index is 0.0240. The van der Waals surface area contributed by atoms with E-state index in [1.807, 2.05) is 17.2 Å². The fourth-order valence-corrected chi connectivity index (χ4v) is 3.50. The summed E-state index contributed by atoms with van der Waals surface area (Å²) < 4.78 is 5.56. The van der Waals surface area contributed by atoms with Crippen LogP contribution in [0.3, 0.4) is 0 Å². The third-order valence-electron chi connectivity index (χ3n) is 3.93. The van der Waals surface area contributed by atoms with Gasteiger partial charge in [-0.3, -0.25) is 4.79 Å². The van der Waals surface area contributed by atoms with E-state index in [2.05, 4.69) is 11.1 Å². The van der Waals surface area contributed by atoms with Crippen molar-refractivity contribution in [1.82, 2.24) is 9.88 Å². The number of carbonyl (C=O) groups is 1. The molecule has 0 spiro atoms. The minimum Gasteiger partial charge on any atom is -0.377 e. The van der Waals surface area contributed by atoms with Crippen molar-refractivity contribution in [2.75, 3.05) is 19.8 Å². The van der Waals surface area contributed by atoms with Gasteiger partial charge in [0.2, 0.25) is 5.91 Å². The Balaban J connectivity index is 1.81. The van der Waals surface area contributed by atoms with Gasteiger partial charge in [-0.15, -0.1) is 11.3 Å². The highest BCUT2D eigenvalue weighted by atomic mass is 32.1. The molecule has 0 saturated carbocycles. The monoisotopic (exact) mass is 292 g/mol. The first-order valence-corrected chi connectivity index (χ1v) is 8.13. The fraction of sp³-hybridized carbons (Fsp3) is 0.600. The number of nitrogens with zero attached hydrogens (tertiary/aromatic N) is 2. The third kappa shape index (κ3) is 2.79. The molecule has 20 heavy (non-hydrogen) atoms. The highest BCUT2D eigenvalue weighted by Crippen LogP contribution is 2.29. The highest BCUT2D eigenvalue weighted by Gasteiger charge is 2.31. The highest BCUT2D eigenvalue weighted by molar-refractivity contribution is 7.09. The Morgan fingerprint density at radius 2 is 2.40 bits per heavy atom. The van der Waals surface area contributed by atoms with Gasteiger partial charge < -0.3 is 9.64 Å². The molecule has 1 aromatic rings. The van der Waals surface area contributed by atoms with E-state index in [1.54, 1.807) is 11.3 Å². The summed E-state index contributed by atoms with van der Waals surface area (Å²) in [6.07, 6.45) is 6.40. The number of rotatable bonds is 2. The number of aromatic nitrogens is 1. The second-order valence-electron chi connectivity index (χ2n) is 5.36. The van der Waals surface area contributed by atoms with Crippen LogP contribution in [0.1, 0.15) is 42.4 Å². The van der Waals surface area contributed by atoms with Gasteiger partial charge in [-0.1, -0.05) is 6.08 Å². The van der Waals surface area contributed by atoms with Crippen molar-refractivity contribution in [2.45, 2.75) is 38.6 Å². The lowest BCUT2D eigenvalue weighted by atomic mass is 9.97. The van der Waals surface area contributed by atoms with E-state index in [9.17, 15) is 4.79 Å². The van der Waals surface area contributed by atoms with Gasteiger partial charge in [0.15, 0.2) is 0 Å². The van der Waals surface area contributed by atoms with Crippen molar-refractivity contribution < 1.29 is 9.53 Å². The number of allylic oxidation sites excluding steroid dienone is 1. The molecule has 1 fully saturated rings. The smallest absolute Gasteiger partial charge is 0.250 e. The van der Waals surface area contributed by atoms with Crippen molar-refractivity contribution >= 4 is 17.2 Å². The van der Waals surface area contributed by atoms with Crippen LogP contribution in [0.25, 0.3) is 0 Å². The van der Waals surface area contributed by atoms with Crippen LogP contribution in [0.15, 0.2) is 17.0 Å². The molecule has 1 aliphatic heterocycles. The summed E-state index contributed by atoms with van der Waals surface area (Å²) in [7, 11) is 0. The van der Waals surface area contributed by atoms with Crippen LogP contribution in [0.4, 0.5) is 0 Å². The molecule has 1 aliphatic carbocycles. The normalized spacial score (nSPS) is 23.6. The Morgan fingerprint density at radius 1 is 1.50 bits per heavy atom. The van der Waals surface area contributed by atoms with Crippen LogP contribution in [-0.4, -0.2) is 35.5 Å². The van der Waals surface area contributed by atoms with Gasteiger partial charge >= 0.3 is 0 Å². The maximum Gasteiger partial charge on any atom is 0.250 e. The van der Waals surface area contributed by atoms with Gasteiger partial charge in [0.05, 0.1) is 30.0 Å². The molecule has 0 bridgehead atoms. The van der Waals surface area contributed by atoms with Gasteiger partial charge in [0.1, 0.15) is 0 Å². The molecular weight excluding hydrogens is 272 g/mol. The summed E-state index contributed by atoms with van der Waals surface area (Å²) >= 11 is 1.63. The van der Waals surface area contributed by atoms with E-state index in [1.165, 1.54) is 6.42 Å². The summed E-state index contributed by atoms with van der Waals surface area (Å²) in [5.41, 5.74) is 1.95. The first-order valence-electron chi connectivity index (χ1n) is 7.25. The van der Waals surface area contributed by atoms with Crippen LogP contribution < -0.4 is 0 Å². The SMILES string of the molecule is Cc1nc([C@H]2COCCN2C(=O)C2=CCCCC2)cs1. The van der Waals surface area contributed by atoms with E-state index in [-0.39, 0.29) is 11.9 Å². The lowest BCUT2D eigenvalue weighted by Gasteiger charge is -2.35. The Bertz CT molecular complexity index is 524. The molecule has 0 aromatic carbocycles. The van der Waals surface area contributed by atoms with Gasteiger partial charge in [0.25, 0.3) is 0 Å². The van der Waals surface area contributed by atoms with Gasteiger partial charge in [0, 0.05) is 17.5 Å².